The molecule has 0 aromatic heterocycles. The third-order valence-corrected chi connectivity index (χ3v) is 0.942. The number of hydrogen-bond donors (Lipinski definition) is 4. The number of hydrogen-bond acceptors (Lipinski definition) is 6. The molecule has 0 atom stereocenters. The fourth-order valence-electron chi connectivity index (χ4n) is 0.462. The van der Waals surface area contributed by atoms with Gasteiger partial charge in [-0.05, 0) is 0 Å². The van der Waals surface area contributed by atoms with Crippen molar-refractivity contribution in [3.05, 3.63) is 0 Å². The van der Waals surface area contributed by atoms with Crippen LogP contribution in [-0.2, 0) is 9.47 Å². The summed E-state index contributed by atoms with van der Waals surface area (Å²) in [7, 11) is 0. The van der Waals surface area contributed by atoms with Crippen molar-refractivity contribution < 1.29 is 29.9 Å². The average Bonchev–Trinajstić information content (AvgIpc) is 2.32. The van der Waals surface area contributed by atoms with Gasteiger partial charge in [0.05, 0.1) is 52.9 Å². The molecule has 108 valence electrons. The van der Waals surface area contributed by atoms with Gasteiger partial charge in [0.1, 0.15) is 0 Å². The number of aliphatic hydroxyl groups is 4. The minimum Gasteiger partial charge on any atom is -0.394 e. The van der Waals surface area contributed by atoms with E-state index >= 15 is 0 Å². The van der Waals surface area contributed by atoms with Crippen LogP contribution < -0.4 is 0 Å². The van der Waals surface area contributed by atoms with Crippen molar-refractivity contribution in [2.75, 3.05) is 52.9 Å². The molecule has 0 fully saturated rings. The van der Waals surface area contributed by atoms with Crippen LogP contribution in [0.3, 0.4) is 0 Å². The van der Waals surface area contributed by atoms with Gasteiger partial charge in [0.2, 0.25) is 0 Å². The van der Waals surface area contributed by atoms with Crippen LogP contribution in [-0.4, -0.2) is 89.8 Å². The normalized spacial score (nSPS) is 8.82. The number of aliphatic hydroxyl groups excluding tert-OH is 4. The van der Waals surface area contributed by atoms with Crippen molar-refractivity contribution in [2.24, 2.45) is 0 Å². The Morgan fingerprint density at radius 3 is 0.941 bits per heavy atom. The molecule has 0 amide bonds. The second-order valence-electron chi connectivity index (χ2n) is 2.18. The first-order valence-corrected chi connectivity index (χ1v) is 15.2. The Bertz CT molecular complexity index is 86.1. The number of halogens is 2. The zero-order valence-corrected chi connectivity index (χ0v) is 14.9. The summed E-state index contributed by atoms with van der Waals surface area (Å²) in [5, 5.41) is 32.3. The molecule has 0 bridgehead atoms. The van der Waals surface area contributed by atoms with Crippen LogP contribution in [0.1, 0.15) is 0 Å². The molecule has 4 N–H and O–H groups in total. The van der Waals surface area contributed by atoms with Crippen LogP contribution in [0.2, 0.25) is 0 Å². The van der Waals surface area contributed by atoms with E-state index in [-0.39, 0.29) is 42.9 Å². The van der Waals surface area contributed by atoms with Crippen molar-refractivity contribution in [3.63, 3.8) is 0 Å². The summed E-state index contributed by atoms with van der Waals surface area (Å²) < 4.78 is 9.26. The van der Waals surface area contributed by atoms with E-state index in [0.29, 0.717) is 26.4 Å². The fraction of sp³-hybridized carbons (Fsp3) is 1.00. The first-order valence-electron chi connectivity index (χ1n) is 4.73. The summed E-state index contributed by atoms with van der Waals surface area (Å²) in [5.41, 5.74) is 0. The smallest absolute Gasteiger partial charge is 0.0698 e. The summed E-state index contributed by atoms with van der Waals surface area (Å²) >= 11 is 6.48. The fourth-order valence-corrected chi connectivity index (χ4v) is 0.462. The average molecular weight is 500 g/mol. The molecular weight excluding hydrogens is 479 g/mol. The van der Waals surface area contributed by atoms with Gasteiger partial charge in [-0.15, -0.1) is 0 Å². The van der Waals surface area contributed by atoms with Gasteiger partial charge < -0.3 is 29.9 Å². The van der Waals surface area contributed by atoms with Crippen LogP contribution in [0, 0.1) is 0 Å². The van der Waals surface area contributed by atoms with Crippen molar-refractivity contribution in [1.82, 2.24) is 0 Å². The first-order chi connectivity index (χ1) is 8.24. The standard InChI is InChI=1S/2C4H10O3.Br2Te/c2*5-1-3-7-4-2-6;1-3-2/h2*5-6H,1-4H2;. The van der Waals surface area contributed by atoms with Gasteiger partial charge in [-0.1, -0.05) is 0 Å². The van der Waals surface area contributed by atoms with Gasteiger partial charge in [0.15, 0.2) is 0 Å². The minimum absolute atomic E-state index is 0.0278. The summed E-state index contributed by atoms with van der Waals surface area (Å²) in [5.74, 6) is 0. The predicted molar refractivity (Wildman–Crippen MR) is 73.6 cm³/mol. The number of ether oxygens (including phenoxy) is 2. The molecule has 0 rings (SSSR count). The Morgan fingerprint density at radius 1 is 0.647 bits per heavy atom. The molecule has 0 aliphatic rings. The van der Waals surface area contributed by atoms with E-state index in [1.165, 1.54) is 0 Å². The van der Waals surface area contributed by atoms with Gasteiger partial charge in [-0.25, -0.2) is 0 Å². The maximum atomic E-state index is 8.09. The second-order valence-corrected chi connectivity index (χ2v) is 12.7. The van der Waals surface area contributed by atoms with Crippen LogP contribution >= 0.6 is 25.5 Å². The van der Waals surface area contributed by atoms with Crippen LogP contribution in [0.25, 0.3) is 0 Å². The summed E-state index contributed by atoms with van der Waals surface area (Å²) in [6.45, 7) is 1.39. The Hall–Kier alpha value is 1.51. The monoisotopic (exact) mass is 500 g/mol. The Kier molecular flexibility index (Phi) is 42.3. The van der Waals surface area contributed by atoms with Crippen molar-refractivity contribution in [1.29, 1.82) is 0 Å². The molecule has 0 unspecified atom stereocenters. The van der Waals surface area contributed by atoms with Crippen LogP contribution in [0.15, 0.2) is 0 Å². The van der Waals surface area contributed by atoms with Gasteiger partial charge in [-0.2, -0.15) is 0 Å². The van der Waals surface area contributed by atoms with E-state index in [9.17, 15) is 0 Å². The van der Waals surface area contributed by atoms with Gasteiger partial charge in [-0.3, -0.25) is 0 Å². The Balaban J connectivity index is -0.000000188. The molecule has 0 aromatic rings. The second kappa shape index (κ2) is 30.5. The van der Waals surface area contributed by atoms with E-state index in [0.717, 1.165) is 0 Å². The van der Waals surface area contributed by atoms with Crippen molar-refractivity contribution in [2.45, 2.75) is 0 Å². The van der Waals surface area contributed by atoms with Crippen LogP contribution in [0.5, 0.6) is 0 Å². The SMILES string of the molecule is Br[Te]Br.OCCOCCO.OCCOCCO. The molecule has 0 aliphatic carbocycles. The summed E-state index contributed by atoms with van der Waals surface area (Å²) in [6.07, 6.45) is 0. The Labute approximate surface area is 124 Å². The molecule has 0 saturated heterocycles. The largest absolute Gasteiger partial charge is 0.394 e. The predicted octanol–water partition coefficient (Wildman–Crippen LogP) is -0.714. The summed E-state index contributed by atoms with van der Waals surface area (Å²) in [4.78, 5) is 0. The molecule has 0 spiro atoms. The molecule has 0 heterocycles. The van der Waals surface area contributed by atoms with Gasteiger partial charge in [0.25, 0.3) is 0 Å². The maximum Gasteiger partial charge on any atom is 0.0698 e. The molecule has 9 heteroatoms. The van der Waals surface area contributed by atoms with Crippen molar-refractivity contribution >= 4 is 42.0 Å². The molecule has 0 saturated carbocycles. The molecule has 0 radical (unpaired) electrons. The molecular formula is C8H20Br2O6Te. The van der Waals surface area contributed by atoms with Gasteiger partial charge >= 0.3 is 42.0 Å². The third-order valence-electron chi connectivity index (χ3n) is 0.942. The molecule has 6 nitrogen and oxygen atoms in total. The minimum atomic E-state index is 0.0278. The molecule has 17 heavy (non-hydrogen) atoms. The Morgan fingerprint density at radius 2 is 0.824 bits per heavy atom. The zero-order valence-electron chi connectivity index (χ0n) is 9.43. The first kappa shape index (κ1) is 23.6. The van der Waals surface area contributed by atoms with Crippen molar-refractivity contribution in [3.8, 4) is 0 Å². The van der Waals surface area contributed by atoms with E-state index in [1.807, 2.05) is 0 Å². The maximum absolute atomic E-state index is 8.09. The third kappa shape index (κ3) is 46.6. The van der Waals surface area contributed by atoms with E-state index in [2.05, 4.69) is 35.0 Å². The zero-order chi connectivity index (χ0) is 13.8. The summed E-state index contributed by atoms with van der Waals surface area (Å²) in [6, 6.07) is 0. The molecule has 0 aromatic carbocycles. The quantitative estimate of drug-likeness (QED) is 0.260. The number of rotatable bonds is 8. The van der Waals surface area contributed by atoms with E-state index in [4.69, 9.17) is 20.4 Å². The topological polar surface area (TPSA) is 99.4 Å². The molecule has 0 aliphatic heterocycles. The van der Waals surface area contributed by atoms with E-state index < -0.39 is 0 Å². The van der Waals surface area contributed by atoms with Gasteiger partial charge in [0, 0.05) is 0 Å². The van der Waals surface area contributed by atoms with Crippen LogP contribution in [0.4, 0.5) is 0 Å². The van der Waals surface area contributed by atoms with E-state index in [1.54, 1.807) is 0 Å².